The SMILES string of the molecule is CSCCn1ccc2cc(F)ccc21. The molecular weight excluding hydrogens is 197 g/mol. The maximum Gasteiger partial charge on any atom is 0.123 e. The highest BCUT2D eigenvalue weighted by atomic mass is 32.2. The fraction of sp³-hybridized carbons (Fsp3) is 0.273. The summed E-state index contributed by atoms with van der Waals surface area (Å²) in [4.78, 5) is 0. The summed E-state index contributed by atoms with van der Waals surface area (Å²) in [6, 6.07) is 6.88. The second-order valence-electron chi connectivity index (χ2n) is 3.21. The molecule has 0 saturated carbocycles. The van der Waals surface area contributed by atoms with E-state index in [0.29, 0.717) is 0 Å². The van der Waals surface area contributed by atoms with Crippen LogP contribution in [-0.2, 0) is 6.54 Å². The van der Waals surface area contributed by atoms with Crippen molar-refractivity contribution in [1.82, 2.24) is 4.57 Å². The molecule has 0 aliphatic heterocycles. The Hall–Kier alpha value is -0.960. The number of rotatable bonds is 3. The van der Waals surface area contributed by atoms with Gasteiger partial charge in [-0.25, -0.2) is 4.39 Å². The first-order chi connectivity index (χ1) is 6.81. The molecule has 0 aliphatic carbocycles. The van der Waals surface area contributed by atoms with Gasteiger partial charge in [0.2, 0.25) is 0 Å². The van der Waals surface area contributed by atoms with Crippen LogP contribution in [0.4, 0.5) is 4.39 Å². The van der Waals surface area contributed by atoms with Crippen molar-refractivity contribution in [2.75, 3.05) is 12.0 Å². The smallest absolute Gasteiger partial charge is 0.123 e. The fourth-order valence-corrected chi connectivity index (χ4v) is 1.93. The summed E-state index contributed by atoms with van der Waals surface area (Å²) in [7, 11) is 0. The Labute approximate surface area is 86.9 Å². The van der Waals surface area contributed by atoms with Gasteiger partial charge in [0.25, 0.3) is 0 Å². The van der Waals surface area contributed by atoms with E-state index in [9.17, 15) is 4.39 Å². The molecule has 1 aromatic carbocycles. The van der Waals surface area contributed by atoms with Gasteiger partial charge in [-0.15, -0.1) is 0 Å². The van der Waals surface area contributed by atoms with E-state index in [1.54, 1.807) is 6.07 Å². The van der Waals surface area contributed by atoms with Gasteiger partial charge in [0, 0.05) is 29.4 Å². The molecule has 3 heteroatoms. The van der Waals surface area contributed by atoms with Crippen LogP contribution < -0.4 is 0 Å². The highest BCUT2D eigenvalue weighted by molar-refractivity contribution is 7.98. The van der Waals surface area contributed by atoms with Crippen LogP contribution in [0.25, 0.3) is 10.9 Å². The maximum atomic E-state index is 12.9. The topological polar surface area (TPSA) is 4.93 Å². The van der Waals surface area contributed by atoms with Crippen LogP contribution in [-0.4, -0.2) is 16.6 Å². The van der Waals surface area contributed by atoms with Crippen molar-refractivity contribution in [3.63, 3.8) is 0 Å². The number of hydrogen-bond acceptors (Lipinski definition) is 1. The average molecular weight is 209 g/mol. The van der Waals surface area contributed by atoms with Gasteiger partial charge >= 0.3 is 0 Å². The second kappa shape index (κ2) is 4.05. The third-order valence-electron chi connectivity index (χ3n) is 2.27. The number of aromatic nitrogens is 1. The molecule has 0 amide bonds. The van der Waals surface area contributed by atoms with Crippen LogP contribution in [0.2, 0.25) is 0 Å². The largest absolute Gasteiger partial charge is 0.347 e. The first-order valence-corrected chi connectivity index (χ1v) is 5.94. The van der Waals surface area contributed by atoms with Gasteiger partial charge in [0.1, 0.15) is 5.82 Å². The van der Waals surface area contributed by atoms with Gasteiger partial charge in [-0.3, -0.25) is 0 Å². The Kier molecular flexibility index (Phi) is 2.77. The third-order valence-corrected chi connectivity index (χ3v) is 2.86. The van der Waals surface area contributed by atoms with Gasteiger partial charge in [0.05, 0.1) is 0 Å². The lowest BCUT2D eigenvalue weighted by Gasteiger charge is -2.03. The van der Waals surface area contributed by atoms with Crippen molar-refractivity contribution in [2.24, 2.45) is 0 Å². The Morgan fingerprint density at radius 3 is 3.00 bits per heavy atom. The van der Waals surface area contributed by atoms with Crippen molar-refractivity contribution in [2.45, 2.75) is 6.54 Å². The van der Waals surface area contributed by atoms with E-state index in [1.807, 2.05) is 30.1 Å². The molecule has 2 rings (SSSR count). The first kappa shape index (κ1) is 9.59. The Bertz CT molecular complexity index is 436. The van der Waals surface area contributed by atoms with E-state index in [4.69, 9.17) is 0 Å². The molecule has 0 aliphatic rings. The van der Waals surface area contributed by atoms with Crippen LogP contribution in [0.1, 0.15) is 0 Å². The summed E-state index contributed by atoms with van der Waals surface area (Å²) in [5.41, 5.74) is 1.11. The van der Waals surface area contributed by atoms with E-state index < -0.39 is 0 Å². The standard InChI is InChI=1S/C11H12FNS/c1-14-7-6-13-5-4-9-8-10(12)2-3-11(9)13/h2-5,8H,6-7H2,1H3. The lowest BCUT2D eigenvalue weighted by Crippen LogP contribution is -1.97. The molecule has 0 radical (unpaired) electrons. The summed E-state index contributed by atoms with van der Waals surface area (Å²) in [5.74, 6) is 0.918. The highest BCUT2D eigenvalue weighted by Crippen LogP contribution is 2.17. The number of halogens is 1. The normalized spacial score (nSPS) is 11.0. The van der Waals surface area contributed by atoms with Crippen molar-refractivity contribution < 1.29 is 4.39 Å². The molecule has 0 N–H and O–H groups in total. The van der Waals surface area contributed by atoms with E-state index >= 15 is 0 Å². The first-order valence-electron chi connectivity index (χ1n) is 4.54. The van der Waals surface area contributed by atoms with Crippen molar-refractivity contribution in [1.29, 1.82) is 0 Å². The molecule has 1 nitrogen and oxygen atoms in total. The van der Waals surface area contributed by atoms with E-state index in [0.717, 1.165) is 23.2 Å². The minimum absolute atomic E-state index is 0.167. The second-order valence-corrected chi connectivity index (χ2v) is 4.19. The number of thioether (sulfide) groups is 1. The van der Waals surface area contributed by atoms with E-state index in [2.05, 4.69) is 10.8 Å². The Balaban J connectivity index is 2.37. The van der Waals surface area contributed by atoms with Crippen molar-refractivity contribution >= 4 is 22.7 Å². The summed E-state index contributed by atoms with van der Waals surface area (Å²) in [6.07, 6.45) is 4.10. The summed E-state index contributed by atoms with van der Waals surface area (Å²) in [5, 5.41) is 0.978. The van der Waals surface area contributed by atoms with Gasteiger partial charge < -0.3 is 4.57 Å². The molecule has 0 fully saturated rings. The number of aryl methyl sites for hydroxylation is 1. The minimum Gasteiger partial charge on any atom is -0.347 e. The van der Waals surface area contributed by atoms with Crippen LogP contribution in [0.15, 0.2) is 30.5 Å². The zero-order valence-corrected chi connectivity index (χ0v) is 8.85. The molecule has 1 aromatic heterocycles. The third kappa shape index (κ3) is 1.77. The number of fused-ring (bicyclic) bond motifs is 1. The Morgan fingerprint density at radius 2 is 2.21 bits per heavy atom. The molecule has 0 saturated heterocycles. The highest BCUT2D eigenvalue weighted by Gasteiger charge is 2.00. The minimum atomic E-state index is -0.167. The van der Waals surface area contributed by atoms with Gasteiger partial charge in [-0.2, -0.15) is 11.8 Å². The molecule has 0 spiro atoms. The van der Waals surface area contributed by atoms with Crippen molar-refractivity contribution in [3.05, 3.63) is 36.3 Å². The predicted octanol–water partition coefficient (Wildman–Crippen LogP) is 3.14. The molecule has 1 heterocycles. The zero-order valence-electron chi connectivity index (χ0n) is 8.03. The maximum absolute atomic E-state index is 12.9. The van der Waals surface area contributed by atoms with Crippen molar-refractivity contribution in [3.8, 4) is 0 Å². The molecule has 74 valence electrons. The van der Waals surface area contributed by atoms with Crippen LogP contribution in [0.3, 0.4) is 0 Å². The molecule has 0 atom stereocenters. The number of nitrogens with zero attached hydrogens (tertiary/aromatic N) is 1. The predicted molar refractivity (Wildman–Crippen MR) is 60.3 cm³/mol. The van der Waals surface area contributed by atoms with Crippen LogP contribution in [0.5, 0.6) is 0 Å². The lowest BCUT2D eigenvalue weighted by molar-refractivity contribution is 0.629. The number of benzene rings is 1. The quantitative estimate of drug-likeness (QED) is 0.751. The van der Waals surface area contributed by atoms with Crippen LogP contribution >= 0.6 is 11.8 Å². The summed E-state index contributed by atoms with van der Waals surface area (Å²) >= 11 is 1.82. The van der Waals surface area contributed by atoms with Crippen LogP contribution in [0, 0.1) is 5.82 Å². The molecule has 0 unspecified atom stereocenters. The molecular formula is C11H12FNS. The van der Waals surface area contributed by atoms with Gasteiger partial charge in [-0.05, 0) is 30.5 Å². The summed E-state index contributed by atoms with van der Waals surface area (Å²) in [6.45, 7) is 0.982. The average Bonchev–Trinajstić information content (AvgIpc) is 2.57. The monoisotopic (exact) mass is 209 g/mol. The molecule has 14 heavy (non-hydrogen) atoms. The number of hydrogen-bond donors (Lipinski definition) is 0. The van der Waals surface area contributed by atoms with Gasteiger partial charge in [0.15, 0.2) is 0 Å². The van der Waals surface area contributed by atoms with E-state index in [1.165, 1.54) is 6.07 Å². The Morgan fingerprint density at radius 1 is 1.36 bits per heavy atom. The zero-order chi connectivity index (χ0) is 9.97. The summed E-state index contributed by atoms with van der Waals surface area (Å²) < 4.78 is 15.0. The van der Waals surface area contributed by atoms with Gasteiger partial charge in [-0.1, -0.05) is 0 Å². The molecule has 0 bridgehead atoms. The van der Waals surface area contributed by atoms with E-state index in [-0.39, 0.29) is 5.82 Å². The fourth-order valence-electron chi connectivity index (χ4n) is 1.56. The lowest BCUT2D eigenvalue weighted by atomic mass is 10.2. The molecule has 2 aromatic rings.